The van der Waals surface area contributed by atoms with E-state index in [0.717, 1.165) is 44.9 Å². The number of quaternary nitrogens is 1. The fourth-order valence-electron chi connectivity index (χ4n) is 5.22. The first-order valence-corrected chi connectivity index (χ1v) is 20.9. The third-order valence-corrected chi connectivity index (χ3v) is 9.31. The average Bonchev–Trinajstić information content (AvgIpc) is 3.04. The second-order valence-electron chi connectivity index (χ2n) is 14.3. The van der Waals surface area contributed by atoms with E-state index in [1.165, 1.54) is 70.6 Å². The standard InChI is InChI=1S/C40H75N2O6P/c1-6-8-10-12-14-16-18-20-22-23-25-27-29-31-33-39(43)38(37-48-49(45,46)47-36-35-42(3,4)5)41-40(44)34-32-30-28-26-24-21-19-17-15-13-11-9-7-2/h9,11,15,17,21,24,28,30,38-39,43H,6-8,10,12-14,16,18-20,22-23,25-27,29,31-37H2,1-5H3,(H-,41,44,45,46)/b11-9-,17-15-,24-21-,30-28-. The number of phosphoric ester groups is 1. The summed E-state index contributed by atoms with van der Waals surface area (Å²) in [5.41, 5.74) is 0. The van der Waals surface area contributed by atoms with Crippen molar-refractivity contribution in [3.8, 4) is 0 Å². The lowest BCUT2D eigenvalue weighted by Gasteiger charge is -2.30. The normalized spacial score (nSPS) is 15.2. The van der Waals surface area contributed by atoms with Crippen molar-refractivity contribution in [2.75, 3.05) is 40.9 Å². The van der Waals surface area contributed by atoms with Gasteiger partial charge in [0.1, 0.15) is 13.2 Å². The van der Waals surface area contributed by atoms with Crippen molar-refractivity contribution < 1.29 is 32.9 Å². The molecule has 0 fully saturated rings. The first-order valence-electron chi connectivity index (χ1n) is 19.5. The van der Waals surface area contributed by atoms with E-state index in [4.69, 9.17) is 9.05 Å². The fraction of sp³-hybridized carbons (Fsp3) is 0.775. The van der Waals surface area contributed by atoms with Gasteiger partial charge in [0.2, 0.25) is 5.91 Å². The molecule has 0 aliphatic carbocycles. The number of rotatable bonds is 34. The van der Waals surface area contributed by atoms with Crippen molar-refractivity contribution in [3.63, 3.8) is 0 Å². The van der Waals surface area contributed by atoms with Crippen molar-refractivity contribution in [2.45, 2.75) is 161 Å². The van der Waals surface area contributed by atoms with Crippen LogP contribution in [0.3, 0.4) is 0 Å². The molecule has 0 saturated heterocycles. The molecule has 0 saturated carbocycles. The van der Waals surface area contributed by atoms with E-state index < -0.39 is 20.0 Å². The van der Waals surface area contributed by atoms with Crippen LogP contribution in [0.1, 0.15) is 149 Å². The topological polar surface area (TPSA) is 108 Å². The van der Waals surface area contributed by atoms with Gasteiger partial charge in [-0.25, -0.2) is 0 Å². The molecule has 0 bridgehead atoms. The van der Waals surface area contributed by atoms with Gasteiger partial charge < -0.3 is 28.8 Å². The number of amides is 1. The second kappa shape index (κ2) is 32.4. The molecule has 8 nitrogen and oxygen atoms in total. The van der Waals surface area contributed by atoms with Gasteiger partial charge in [0.15, 0.2) is 0 Å². The average molecular weight is 711 g/mol. The Morgan fingerprint density at radius 2 is 1.20 bits per heavy atom. The lowest BCUT2D eigenvalue weighted by atomic mass is 10.0. The molecule has 286 valence electrons. The molecule has 0 radical (unpaired) electrons. The summed E-state index contributed by atoms with van der Waals surface area (Å²) in [6.45, 7) is 4.52. The van der Waals surface area contributed by atoms with Crippen LogP contribution < -0.4 is 10.2 Å². The number of aliphatic hydroxyl groups is 1. The van der Waals surface area contributed by atoms with Crippen LogP contribution >= 0.6 is 7.82 Å². The van der Waals surface area contributed by atoms with Gasteiger partial charge in [-0.1, -0.05) is 152 Å². The number of unbranched alkanes of at least 4 members (excludes halogenated alkanes) is 13. The molecule has 0 spiro atoms. The molecular weight excluding hydrogens is 635 g/mol. The lowest BCUT2D eigenvalue weighted by molar-refractivity contribution is -0.870. The third kappa shape index (κ3) is 34.7. The number of carbonyl (C=O) groups is 1. The Hall–Kier alpha value is -1.54. The maximum atomic E-state index is 12.7. The Kier molecular flexibility index (Phi) is 31.4. The van der Waals surface area contributed by atoms with Crippen LogP contribution in [0.4, 0.5) is 0 Å². The minimum absolute atomic E-state index is 0.00221. The molecule has 3 atom stereocenters. The zero-order valence-corrected chi connectivity index (χ0v) is 33.0. The quantitative estimate of drug-likeness (QED) is 0.0298. The summed E-state index contributed by atoms with van der Waals surface area (Å²) in [7, 11) is 1.25. The van der Waals surface area contributed by atoms with E-state index in [1.807, 2.05) is 33.3 Å². The van der Waals surface area contributed by atoms with Crippen LogP contribution in [-0.2, 0) is 18.4 Å². The van der Waals surface area contributed by atoms with Gasteiger partial charge in [-0.15, -0.1) is 0 Å². The summed E-state index contributed by atoms with van der Waals surface area (Å²) in [5.74, 6) is -0.247. The number of nitrogens with one attached hydrogen (secondary N) is 1. The summed E-state index contributed by atoms with van der Waals surface area (Å²) in [4.78, 5) is 25.1. The van der Waals surface area contributed by atoms with Crippen LogP contribution in [0.25, 0.3) is 0 Å². The molecule has 9 heteroatoms. The van der Waals surface area contributed by atoms with Crippen molar-refractivity contribution >= 4 is 13.7 Å². The maximum Gasteiger partial charge on any atom is 0.268 e. The second-order valence-corrected chi connectivity index (χ2v) is 15.7. The van der Waals surface area contributed by atoms with E-state index in [0.29, 0.717) is 23.9 Å². The van der Waals surface area contributed by atoms with Gasteiger partial charge in [0.25, 0.3) is 7.82 Å². The highest BCUT2D eigenvalue weighted by molar-refractivity contribution is 7.45. The van der Waals surface area contributed by atoms with Gasteiger partial charge >= 0.3 is 0 Å². The zero-order chi connectivity index (χ0) is 36.5. The SMILES string of the molecule is CC/C=C\C/C=C\C/C=C\C/C=C\CCC(=O)NC(COP(=O)([O-])OCC[N+](C)(C)C)C(O)CCCCCCCCCCCCCCCC. The maximum absolute atomic E-state index is 12.7. The summed E-state index contributed by atoms with van der Waals surface area (Å²) in [5, 5.41) is 13.8. The van der Waals surface area contributed by atoms with Crippen molar-refractivity contribution in [1.82, 2.24) is 5.32 Å². The highest BCUT2D eigenvalue weighted by Crippen LogP contribution is 2.38. The molecule has 0 aromatic rings. The van der Waals surface area contributed by atoms with E-state index in [2.05, 4.69) is 55.6 Å². The number of aliphatic hydroxyl groups excluding tert-OH is 1. The Bertz CT molecular complexity index is 944. The van der Waals surface area contributed by atoms with Gasteiger partial charge in [-0.3, -0.25) is 9.36 Å². The predicted octanol–water partition coefficient (Wildman–Crippen LogP) is 9.50. The summed E-state index contributed by atoms with van der Waals surface area (Å²) < 4.78 is 23.1. The van der Waals surface area contributed by atoms with E-state index >= 15 is 0 Å². The number of allylic oxidation sites excluding steroid dienone is 8. The molecule has 0 aromatic heterocycles. The van der Waals surface area contributed by atoms with Crippen LogP contribution in [0.5, 0.6) is 0 Å². The summed E-state index contributed by atoms with van der Waals surface area (Å²) in [6, 6.07) is -0.837. The Balaban J connectivity index is 4.58. The monoisotopic (exact) mass is 711 g/mol. The van der Waals surface area contributed by atoms with Crippen molar-refractivity contribution in [3.05, 3.63) is 48.6 Å². The van der Waals surface area contributed by atoms with Crippen LogP contribution in [-0.4, -0.2) is 68.5 Å². The minimum Gasteiger partial charge on any atom is -0.756 e. The van der Waals surface area contributed by atoms with Crippen molar-refractivity contribution in [1.29, 1.82) is 0 Å². The number of hydrogen-bond acceptors (Lipinski definition) is 6. The molecule has 49 heavy (non-hydrogen) atoms. The van der Waals surface area contributed by atoms with Crippen LogP contribution in [0, 0.1) is 0 Å². The number of hydrogen-bond donors (Lipinski definition) is 2. The van der Waals surface area contributed by atoms with E-state index in [-0.39, 0.29) is 25.5 Å². The Morgan fingerprint density at radius 3 is 1.69 bits per heavy atom. The third-order valence-electron chi connectivity index (χ3n) is 8.34. The van der Waals surface area contributed by atoms with Gasteiger partial charge in [-0.2, -0.15) is 0 Å². The largest absolute Gasteiger partial charge is 0.756 e. The number of phosphoric acid groups is 1. The fourth-order valence-corrected chi connectivity index (χ4v) is 5.95. The first-order chi connectivity index (χ1) is 23.5. The number of nitrogens with zero attached hydrogens (tertiary/aromatic N) is 1. The number of carbonyl (C=O) groups excluding carboxylic acids is 1. The molecule has 0 aliphatic rings. The molecule has 2 N–H and O–H groups in total. The van der Waals surface area contributed by atoms with Crippen LogP contribution in [0.15, 0.2) is 48.6 Å². The highest BCUT2D eigenvalue weighted by atomic mass is 31.2. The molecule has 0 aromatic carbocycles. The highest BCUT2D eigenvalue weighted by Gasteiger charge is 2.24. The number of likely N-dealkylation sites (N-methyl/N-ethyl adjacent to an activating group) is 1. The molecule has 1 amide bonds. The van der Waals surface area contributed by atoms with E-state index in [9.17, 15) is 19.4 Å². The molecular formula is C40H75N2O6P. The van der Waals surface area contributed by atoms with Crippen LogP contribution in [0.2, 0.25) is 0 Å². The predicted molar refractivity (Wildman–Crippen MR) is 205 cm³/mol. The molecule has 0 aliphatic heterocycles. The Morgan fingerprint density at radius 1 is 0.735 bits per heavy atom. The van der Waals surface area contributed by atoms with E-state index in [1.54, 1.807) is 0 Å². The van der Waals surface area contributed by atoms with Gasteiger partial charge in [-0.05, 0) is 38.5 Å². The molecule has 0 heterocycles. The Labute approximate surface area is 301 Å². The first kappa shape index (κ1) is 47.5. The lowest BCUT2D eigenvalue weighted by Crippen LogP contribution is -2.46. The van der Waals surface area contributed by atoms with Crippen molar-refractivity contribution in [2.24, 2.45) is 0 Å². The van der Waals surface area contributed by atoms with Gasteiger partial charge in [0.05, 0.1) is 39.9 Å². The molecule has 3 unspecified atom stereocenters. The molecule has 0 rings (SSSR count). The zero-order valence-electron chi connectivity index (χ0n) is 32.1. The van der Waals surface area contributed by atoms with Gasteiger partial charge in [0, 0.05) is 6.42 Å². The smallest absolute Gasteiger partial charge is 0.268 e. The summed E-state index contributed by atoms with van der Waals surface area (Å²) >= 11 is 0. The minimum atomic E-state index is -4.58. The summed E-state index contributed by atoms with van der Waals surface area (Å²) in [6.07, 6.45) is 38.4.